The highest BCUT2D eigenvalue weighted by Crippen LogP contribution is 2.26. The van der Waals surface area contributed by atoms with Crippen LogP contribution in [0, 0.1) is 0 Å². The Balaban J connectivity index is 0.000000366. The lowest BCUT2D eigenvalue weighted by Gasteiger charge is -2.45. The number of carbonyl (C=O) groups is 1. The zero-order valence-corrected chi connectivity index (χ0v) is 12.1. The van der Waals surface area contributed by atoms with E-state index in [2.05, 4.69) is 37.7 Å². The zero-order valence-electron chi connectivity index (χ0n) is 12.1. The number of piperidine rings is 1. The van der Waals surface area contributed by atoms with Crippen molar-refractivity contribution < 1.29 is 9.53 Å². The van der Waals surface area contributed by atoms with Gasteiger partial charge in [-0.15, -0.1) is 0 Å². The molecule has 0 aromatic heterocycles. The first-order chi connectivity index (χ1) is 7.62. The highest BCUT2D eigenvalue weighted by molar-refractivity contribution is 5.68. The summed E-state index contributed by atoms with van der Waals surface area (Å²) in [7, 11) is 1.38. The Bertz CT molecular complexity index is 228. The van der Waals surface area contributed by atoms with Crippen molar-refractivity contribution in [1.29, 1.82) is 0 Å². The van der Waals surface area contributed by atoms with Crippen LogP contribution in [-0.2, 0) is 9.53 Å². The summed E-state index contributed by atoms with van der Waals surface area (Å²) in [4.78, 5) is 9.96. The lowest BCUT2D eigenvalue weighted by atomic mass is 9.80. The quantitative estimate of drug-likeness (QED) is 0.691. The van der Waals surface area contributed by atoms with Gasteiger partial charge in [0, 0.05) is 23.5 Å². The maximum Gasteiger partial charge on any atom is 0.305 e. The fraction of sp³-hybridized carbons (Fsp3) is 0.923. The minimum Gasteiger partial charge on any atom is -0.469 e. The number of hydrogen-bond acceptors (Lipinski definition) is 4. The van der Waals surface area contributed by atoms with Gasteiger partial charge in [-0.1, -0.05) is 6.92 Å². The molecule has 1 aliphatic heterocycles. The van der Waals surface area contributed by atoms with E-state index in [0.717, 1.165) is 12.8 Å². The molecular formula is C13H28N2O2. The van der Waals surface area contributed by atoms with Crippen molar-refractivity contribution in [2.45, 2.75) is 71.0 Å². The number of rotatable bonds is 1. The Hall–Kier alpha value is -0.610. The number of ether oxygens (including phenoxy) is 1. The first-order valence-corrected chi connectivity index (χ1v) is 6.23. The smallest absolute Gasteiger partial charge is 0.305 e. The second-order valence-corrected chi connectivity index (χ2v) is 5.99. The number of hydrogen-bond donors (Lipinski definition) is 2. The molecule has 0 amide bonds. The number of methoxy groups -OCH3 is 1. The van der Waals surface area contributed by atoms with Crippen LogP contribution in [0.2, 0.25) is 0 Å². The van der Waals surface area contributed by atoms with Crippen LogP contribution in [0.25, 0.3) is 0 Å². The van der Waals surface area contributed by atoms with Crippen molar-refractivity contribution in [2.75, 3.05) is 7.11 Å². The SMILES string of the molecule is CC1(C)CC(N)CC(C)(C)N1.CCC(=O)OC. The van der Waals surface area contributed by atoms with E-state index in [4.69, 9.17) is 5.73 Å². The van der Waals surface area contributed by atoms with Gasteiger partial charge in [0.25, 0.3) is 0 Å². The van der Waals surface area contributed by atoms with Crippen LogP contribution in [0.4, 0.5) is 0 Å². The van der Waals surface area contributed by atoms with Gasteiger partial charge >= 0.3 is 5.97 Å². The third-order valence-corrected chi connectivity index (χ3v) is 2.74. The Labute approximate surface area is 105 Å². The number of carbonyl (C=O) groups excluding carboxylic acids is 1. The molecule has 1 fully saturated rings. The summed E-state index contributed by atoms with van der Waals surface area (Å²) >= 11 is 0. The van der Waals surface area contributed by atoms with Gasteiger partial charge in [0.15, 0.2) is 0 Å². The van der Waals surface area contributed by atoms with Crippen molar-refractivity contribution in [3.8, 4) is 0 Å². The first-order valence-electron chi connectivity index (χ1n) is 6.23. The van der Waals surface area contributed by atoms with Gasteiger partial charge < -0.3 is 15.8 Å². The lowest BCUT2D eigenvalue weighted by Crippen LogP contribution is -2.60. The molecule has 0 aromatic carbocycles. The Kier molecular flexibility index (Phi) is 6.13. The van der Waals surface area contributed by atoms with E-state index in [1.807, 2.05) is 0 Å². The fourth-order valence-electron chi connectivity index (χ4n) is 2.55. The van der Waals surface area contributed by atoms with Crippen molar-refractivity contribution in [3.05, 3.63) is 0 Å². The second kappa shape index (κ2) is 6.36. The van der Waals surface area contributed by atoms with E-state index in [1.165, 1.54) is 7.11 Å². The second-order valence-electron chi connectivity index (χ2n) is 5.99. The molecule has 4 heteroatoms. The highest BCUT2D eigenvalue weighted by atomic mass is 16.5. The number of esters is 1. The van der Waals surface area contributed by atoms with Crippen LogP contribution in [0.3, 0.4) is 0 Å². The molecule has 1 heterocycles. The summed E-state index contributed by atoms with van der Waals surface area (Å²) in [5, 5.41) is 3.58. The molecule has 102 valence electrons. The zero-order chi connectivity index (χ0) is 13.7. The monoisotopic (exact) mass is 244 g/mol. The summed E-state index contributed by atoms with van der Waals surface area (Å²) in [5.41, 5.74) is 6.36. The Morgan fingerprint density at radius 3 is 1.88 bits per heavy atom. The molecule has 0 saturated carbocycles. The summed E-state index contributed by atoms with van der Waals surface area (Å²) in [6.45, 7) is 10.6. The van der Waals surface area contributed by atoms with Crippen LogP contribution in [0.15, 0.2) is 0 Å². The minimum atomic E-state index is -0.157. The third-order valence-electron chi connectivity index (χ3n) is 2.74. The summed E-state index contributed by atoms with van der Waals surface area (Å²) in [6, 6.07) is 0.362. The first kappa shape index (κ1) is 16.4. The van der Waals surface area contributed by atoms with Crippen LogP contribution < -0.4 is 11.1 Å². The summed E-state index contributed by atoms with van der Waals surface area (Å²) in [5.74, 6) is -0.157. The average Bonchev–Trinajstić information content (AvgIpc) is 2.11. The Morgan fingerprint density at radius 2 is 1.71 bits per heavy atom. The topological polar surface area (TPSA) is 64.3 Å². The predicted molar refractivity (Wildman–Crippen MR) is 70.8 cm³/mol. The van der Waals surface area contributed by atoms with Gasteiger partial charge in [0.1, 0.15) is 0 Å². The van der Waals surface area contributed by atoms with E-state index in [-0.39, 0.29) is 17.0 Å². The normalized spacial score (nSPS) is 22.3. The molecule has 0 bridgehead atoms. The molecule has 3 N–H and O–H groups in total. The predicted octanol–water partition coefficient (Wildman–Crippen LogP) is 1.82. The van der Waals surface area contributed by atoms with Gasteiger partial charge in [0.2, 0.25) is 0 Å². The molecule has 0 atom stereocenters. The third kappa shape index (κ3) is 7.34. The van der Waals surface area contributed by atoms with Gasteiger partial charge in [-0.25, -0.2) is 0 Å². The molecule has 0 aliphatic carbocycles. The molecule has 0 spiro atoms. The lowest BCUT2D eigenvalue weighted by molar-refractivity contribution is -0.140. The largest absolute Gasteiger partial charge is 0.469 e. The van der Waals surface area contributed by atoms with E-state index in [9.17, 15) is 4.79 Å². The van der Waals surface area contributed by atoms with Crippen LogP contribution >= 0.6 is 0 Å². The van der Waals surface area contributed by atoms with Gasteiger partial charge in [0.05, 0.1) is 7.11 Å². The molecule has 1 rings (SSSR count). The summed E-state index contributed by atoms with van der Waals surface area (Å²) < 4.78 is 4.26. The van der Waals surface area contributed by atoms with Gasteiger partial charge in [-0.3, -0.25) is 4.79 Å². The van der Waals surface area contributed by atoms with Crippen LogP contribution in [0.5, 0.6) is 0 Å². The van der Waals surface area contributed by atoms with Crippen molar-refractivity contribution in [1.82, 2.24) is 5.32 Å². The Morgan fingerprint density at radius 1 is 1.29 bits per heavy atom. The van der Waals surface area contributed by atoms with Crippen LogP contribution in [-0.4, -0.2) is 30.2 Å². The van der Waals surface area contributed by atoms with Crippen molar-refractivity contribution in [3.63, 3.8) is 0 Å². The van der Waals surface area contributed by atoms with Crippen LogP contribution in [0.1, 0.15) is 53.9 Å². The standard InChI is InChI=1S/C9H20N2.C4H8O2/c1-8(2)5-7(10)6-9(3,4)11-8;1-3-4(5)6-2/h7,11H,5-6,10H2,1-4H3;3H2,1-2H3. The molecule has 0 unspecified atom stereocenters. The molecule has 1 saturated heterocycles. The fourth-order valence-corrected chi connectivity index (χ4v) is 2.55. The maximum atomic E-state index is 9.96. The van der Waals surface area contributed by atoms with E-state index in [1.54, 1.807) is 6.92 Å². The molecule has 17 heavy (non-hydrogen) atoms. The minimum absolute atomic E-state index is 0.157. The average molecular weight is 244 g/mol. The molecule has 4 nitrogen and oxygen atoms in total. The van der Waals surface area contributed by atoms with Gasteiger partial charge in [-0.05, 0) is 40.5 Å². The molecular weight excluding hydrogens is 216 g/mol. The molecule has 0 radical (unpaired) electrons. The van der Waals surface area contributed by atoms with Crippen molar-refractivity contribution in [2.24, 2.45) is 5.73 Å². The molecule has 0 aromatic rings. The maximum absolute atomic E-state index is 9.96. The van der Waals surface area contributed by atoms with E-state index >= 15 is 0 Å². The van der Waals surface area contributed by atoms with Crippen molar-refractivity contribution >= 4 is 5.97 Å². The van der Waals surface area contributed by atoms with E-state index in [0.29, 0.717) is 12.5 Å². The number of nitrogens with two attached hydrogens (primary N) is 1. The highest BCUT2D eigenvalue weighted by Gasteiger charge is 2.35. The number of nitrogens with one attached hydrogen (secondary N) is 1. The van der Waals surface area contributed by atoms with Gasteiger partial charge in [-0.2, -0.15) is 0 Å². The summed E-state index contributed by atoms with van der Waals surface area (Å²) in [6.07, 6.45) is 2.63. The van der Waals surface area contributed by atoms with E-state index < -0.39 is 0 Å². The molecule has 1 aliphatic rings.